The maximum atomic E-state index is 12.8. The number of rotatable bonds is 4. The van der Waals surface area contributed by atoms with E-state index in [1.54, 1.807) is 17.0 Å². The van der Waals surface area contributed by atoms with Gasteiger partial charge in [0.1, 0.15) is 6.54 Å². The molecule has 2 saturated heterocycles. The Hall–Kier alpha value is -2.96. The van der Waals surface area contributed by atoms with Crippen LogP contribution in [0.1, 0.15) is 25.3 Å². The zero-order valence-electron chi connectivity index (χ0n) is 15.4. The van der Waals surface area contributed by atoms with Crippen molar-refractivity contribution >= 4 is 23.6 Å². The molecule has 0 aliphatic carbocycles. The molecule has 0 saturated carbocycles. The van der Waals surface area contributed by atoms with Gasteiger partial charge in [-0.2, -0.15) is 0 Å². The van der Waals surface area contributed by atoms with Crippen LogP contribution in [0.25, 0.3) is 0 Å². The monoisotopic (exact) mass is 365 g/mol. The quantitative estimate of drug-likeness (QED) is 0.779. The van der Waals surface area contributed by atoms with E-state index in [0.717, 1.165) is 43.9 Å². The average Bonchev–Trinajstić information content (AvgIpc) is 3.03. The Morgan fingerprint density at radius 1 is 1.04 bits per heavy atom. The van der Waals surface area contributed by atoms with Gasteiger partial charge in [0.05, 0.1) is 5.69 Å². The van der Waals surface area contributed by atoms with Crippen molar-refractivity contribution in [1.82, 2.24) is 14.9 Å². The first-order chi connectivity index (χ1) is 13.2. The molecule has 7 heteroatoms. The van der Waals surface area contributed by atoms with Crippen molar-refractivity contribution in [2.24, 2.45) is 0 Å². The predicted octanol–water partition coefficient (Wildman–Crippen LogP) is 2.48. The van der Waals surface area contributed by atoms with E-state index in [-0.39, 0.29) is 24.5 Å². The SMILES string of the molecule is CCc1cnc(N2CCC(N3CC(=O)N(c4ccccc4)C3=O)CC2)nc1. The van der Waals surface area contributed by atoms with Crippen LogP contribution in [-0.4, -0.2) is 52.5 Å². The van der Waals surface area contributed by atoms with Crippen LogP contribution in [-0.2, 0) is 11.2 Å². The van der Waals surface area contributed by atoms with E-state index < -0.39 is 0 Å². The van der Waals surface area contributed by atoms with Crippen LogP contribution < -0.4 is 9.80 Å². The molecule has 0 unspecified atom stereocenters. The molecule has 2 aliphatic rings. The zero-order chi connectivity index (χ0) is 18.8. The number of urea groups is 1. The molecule has 2 aliphatic heterocycles. The fraction of sp³-hybridized carbons (Fsp3) is 0.400. The zero-order valence-corrected chi connectivity index (χ0v) is 15.4. The molecule has 0 N–H and O–H groups in total. The largest absolute Gasteiger partial charge is 0.341 e. The predicted molar refractivity (Wildman–Crippen MR) is 103 cm³/mol. The summed E-state index contributed by atoms with van der Waals surface area (Å²) in [5.41, 5.74) is 1.76. The van der Waals surface area contributed by atoms with Gasteiger partial charge >= 0.3 is 6.03 Å². The molecule has 2 aromatic rings. The van der Waals surface area contributed by atoms with Gasteiger partial charge in [-0.3, -0.25) is 4.79 Å². The Morgan fingerprint density at radius 2 is 1.70 bits per heavy atom. The standard InChI is InChI=1S/C20H23N5O2/c1-2-15-12-21-19(22-13-15)23-10-8-16(9-11-23)24-14-18(26)25(20(24)27)17-6-4-3-5-7-17/h3-7,12-13,16H,2,8-11,14H2,1H3. The summed E-state index contributed by atoms with van der Waals surface area (Å²) < 4.78 is 0. The molecule has 0 bridgehead atoms. The second-order valence-corrected chi connectivity index (χ2v) is 6.94. The van der Waals surface area contributed by atoms with Gasteiger partial charge in [-0.25, -0.2) is 19.7 Å². The van der Waals surface area contributed by atoms with Crippen molar-refractivity contribution in [2.45, 2.75) is 32.2 Å². The summed E-state index contributed by atoms with van der Waals surface area (Å²) in [6.07, 6.45) is 6.27. The van der Waals surface area contributed by atoms with Crippen molar-refractivity contribution in [3.05, 3.63) is 48.3 Å². The van der Waals surface area contributed by atoms with Crippen LogP contribution in [0.2, 0.25) is 0 Å². The first kappa shape index (κ1) is 17.5. The van der Waals surface area contributed by atoms with Crippen LogP contribution in [0.3, 0.4) is 0 Å². The number of carbonyl (C=O) groups is 2. The minimum atomic E-state index is -0.215. The number of aryl methyl sites for hydroxylation is 1. The first-order valence-corrected chi connectivity index (χ1v) is 9.42. The van der Waals surface area contributed by atoms with Crippen LogP contribution in [0.5, 0.6) is 0 Å². The first-order valence-electron chi connectivity index (χ1n) is 9.42. The van der Waals surface area contributed by atoms with E-state index in [4.69, 9.17) is 0 Å². The van der Waals surface area contributed by atoms with Gasteiger partial charge in [-0.15, -0.1) is 0 Å². The maximum absolute atomic E-state index is 12.8. The molecule has 0 atom stereocenters. The summed E-state index contributed by atoms with van der Waals surface area (Å²) in [7, 11) is 0. The van der Waals surface area contributed by atoms with Crippen LogP contribution >= 0.6 is 0 Å². The third-order valence-electron chi connectivity index (χ3n) is 5.29. The number of aromatic nitrogens is 2. The highest BCUT2D eigenvalue weighted by Crippen LogP contribution is 2.27. The molecule has 4 rings (SSSR count). The van der Waals surface area contributed by atoms with Crippen molar-refractivity contribution in [2.75, 3.05) is 29.4 Å². The molecule has 140 valence electrons. The molecule has 3 heterocycles. The lowest BCUT2D eigenvalue weighted by Crippen LogP contribution is -2.47. The lowest BCUT2D eigenvalue weighted by Gasteiger charge is -2.36. The summed E-state index contributed by atoms with van der Waals surface area (Å²) in [4.78, 5) is 39.3. The number of hydrogen-bond acceptors (Lipinski definition) is 5. The Kier molecular flexibility index (Phi) is 4.75. The maximum Gasteiger partial charge on any atom is 0.332 e. The van der Waals surface area contributed by atoms with Crippen LogP contribution in [0.15, 0.2) is 42.7 Å². The normalized spacial score (nSPS) is 18.5. The molecule has 2 fully saturated rings. The third-order valence-corrected chi connectivity index (χ3v) is 5.29. The minimum Gasteiger partial charge on any atom is -0.341 e. The molecule has 1 aromatic heterocycles. The van der Waals surface area contributed by atoms with Gasteiger partial charge in [-0.05, 0) is 37.0 Å². The molecular formula is C20H23N5O2. The van der Waals surface area contributed by atoms with E-state index in [0.29, 0.717) is 5.69 Å². The van der Waals surface area contributed by atoms with Gasteiger partial charge in [0.25, 0.3) is 5.91 Å². The average molecular weight is 365 g/mol. The van der Waals surface area contributed by atoms with Gasteiger partial charge in [0.15, 0.2) is 0 Å². The van der Waals surface area contributed by atoms with Gasteiger partial charge < -0.3 is 9.80 Å². The second kappa shape index (κ2) is 7.34. The second-order valence-electron chi connectivity index (χ2n) is 6.94. The van der Waals surface area contributed by atoms with Crippen molar-refractivity contribution in [1.29, 1.82) is 0 Å². The highest BCUT2D eigenvalue weighted by Gasteiger charge is 2.41. The molecule has 27 heavy (non-hydrogen) atoms. The van der Waals surface area contributed by atoms with E-state index in [9.17, 15) is 9.59 Å². The molecule has 3 amide bonds. The Balaban J connectivity index is 1.41. The van der Waals surface area contributed by atoms with Crippen molar-refractivity contribution in [3.8, 4) is 0 Å². The number of piperidine rings is 1. The fourth-order valence-corrected chi connectivity index (χ4v) is 3.71. The van der Waals surface area contributed by atoms with Gasteiger partial charge in [-0.1, -0.05) is 25.1 Å². The Bertz CT molecular complexity index is 816. The molecule has 0 spiro atoms. The van der Waals surface area contributed by atoms with Crippen molar-refractivity contribution < 1.29 is 9.59 Å². The molecular weight excluding hydrogens is 342 g/mol. The lowest BCUT2D eigenvalue weighted by molar-refractivity contribution is -0.116. The summed E-state index contributed by atoms with van der Waals surface area (Å²) in [5.74, 6) is 0.576. The minimum absolute atomic E-state index is 0.0707. The van der Waals surface area contributed by atoms with E-state index in [1.807, 2.05) is 30.6 Å². The number of hydrogen-bond donors (Lipinski definition) is 0. The summed E-state index contributed by atoms with van der Waals surface area (Å²) in [5, 5.41) is 0. The van der Waals surface area contributed by atoms with E-state index in [1.165, 1.54) is 4.90 Å². The number of amides is 3. The number of para-hydroxylation sites is 1. The van der Waals surface area contributed by atoms with E-state index >= 15 is 0 Å². The summed E-state index contributed by atoms with van der Waals surface area (Å²) >= 11 is 0. The number of nitrogens with zero attached hydrogens (tertiary/aromatic N) is 5. The lowest BCUT2D eigenvalue weighted by atomic mass is 10.0. The summed E-state index contributed by atoms with van der Waals surface area (Å²) in [6, 6.07) is 8.98. The Labute approximate surface area is 158 Å². The van der Waals surface area contributed by atoms with Gasteiger partial charge in [0.2, 0.25) is 5.95 Å². The van der Waals surface area contributed by atoms with Crippen LogP contribution in [0.4, 0.5) is 16.4 Å². The highest BCUT2D eigenvalue weighted by atomic mass is 16.2. The number of benzene rings is 1. The van der Waals surface area contributed by atoms with Crippen molar-refractivity contribution in [3.63, 3.8) is 0 Å². The fourth-order valence-electron chi connectivity index (χ4n) is 3.71. The van der Waals surface area contributed by atoms with Crippen LogP contribution in [0, 0.1) is 0 Å². The number of carbonyl (C=O) groups excluding carboxylic acids is 2. The topological polar surface area (TPSA) is 69.6 Å². The molecule has 1 aromatic carbocycles. The third kappa shape index (κ3) is 3.37. The highest BCUT2D eigenvalue weighted by molar-refractivity contribution is 6.19. The molecule has 0 radical (unpaired) electrons. The summed E-state index contributed by atoms with van der Waals surface area (Å²) in [6.45, 7) is 3.79. The molecule has 7 nitrogen and oxygen atoms in total. The Morgan fingerprint density at radius 3 is 2.33 bits per heavy atom. The number of anilines is 2. The smallest absolute Gasteiger partial charge is 0.332 e. The number of imide groups is 1. The van der Waals surface area contributed by atoms with Gasteiger partial charge in [0, 0.05) is 31.5 Å². The van der Waals surface area contributed by atoms with E-state index in [2.05, 4.69) is 21.8 Å².